The molecule has 2 amide bonds. The average Bonchev–Trinajstić information content (AvgIpc) is 3.17. The van der Waals surface area contributed by atoms with E-state index in [1.54, 1.807) is 4.90 Å². The Labute approximate surface area is 164 Å². The van der Waals surface area contributed by atoms with E-state index in [-0.39, 0.29) is 30.4 Å². The Morgan fingerprint density at radius 3 is 2.54 bits per heavy atom. The molecule has 8 nitrogen and oxygen atoms in total. The van der Waals surface area contributed by atoms with Gasteiger partial charge in [0.05, 0.1) is 17.4 Å². The predicted octanol–water partition coefficient (Wildman–Crippen LogP) is 0.583. The van der Waals surface area contributed by atoms with E-state index < -0.39 is 39.8 Å². The number of carbonyl (C=O) groups is 3. The van der Waals surface area contributed by atoms with Crippen molar-refractivity contribution in [3.8, 4) is 0 Å². The van der Waals surface area contributed by atoms with Crippen LogP contribution in [0.3, 0.4) is 0 Å². The molecule has 3 rings (SSSR count). The number of ether oxygens (including phenoxy) is 1. The number of anilines is 1. The summed E-state index contributed by atoms with van der Waals surface area (Å²) in [5.74, 6) is -2.00. The van der Waals surface area contributed by atoms with Crippen LogP contribution in [0.2, 0.25) is 0 Å². The summed E-state index contributed by atoms with van der Waals surface area (Å²) >= 11 is 0. The topological polar surface area (TPSA) is 110 Å². The standard InChI is InChI=1S/C19H24N2O6S/c1-12-3-5-16(6-4-12)21-10-14(9-17(21)22)19(24)27-13(2)18(23)20-15-7-8-28(25,26)11-15/h3-6,13-15H,7-11H2,1-2H3,(H,20,23)/t13-,14-,15+/m0/s1. The van der Waals surface area contributed by atoms with Crippen LogP contribution in [-0.4, -0.2) is 56.4 Å². The van der Waals surface area contributed by atoms with Crippen molar-refractivity contribution in [1.29, 1.82) is 0 Å². The SMILES string of the molecule is Cc1ccc(N2C[C@@H](C(=O)O[C@@H](C)C(=O)N[C@@H]3CCS(=O)(=O)C3)CC2=O)cc1. The first-order chi connectivity index (χ1) is 13.1. The van der Waals surface area contributed by atoms with Crippen LogP contribution < -0.4 is 10.2 Å². The number of nitrogens with one attached hydrogen (secondary N) is 1. The minimum absolute atomic E-state index is 0.0297. The van der Waals surface area contributed by atoms with Gasteiger partial charge >= 0.3 is 5.97 Å². The van der Waals surface area contributed by atoms with E-state index in [9.17, 15) is 22.8 Å². The van der Waals surface area contributed by atoms with Crippen LogP contribution in [0.25, 0.3) is 0 Å². The Kier molecular flexibility index (Phi) is 5.74. The van der Waals surface area contributed by atoms with E-state index in [1.807, 2.05) is 31.2 Å². The molecule has 2 fully saturated rings. The molecule has 0 unspecified atom stereocenters. The molecule has 9 heteroatoms. The van der Waals surface area contributed by atoms with E-state index in [4.69, 9.17) is 4.74 Å². The smallest absolute Gasteiger partial charge is 0.312 e. The van der Waals surface area contributed by atoms with E-state index in [0.717, 1.165) is 11.3 Å². The van der Waals surface area contributed by atoms with Gasteiger partial charge in [0.15, 0.2) is 15.9 Å². The highest BCUT2D eigenvalue weighted by atomic mass is 32.2. The van der Waals surface area contributed by atoms with Gasteiger partial charge in [-0.25, -0.2) is 8.42 Å². The second-order valence-corrected chi connectivity index (χ2v) is 9.66. The van der Waals surface area contributed by atoms with Crippen molar-refractivity contribution in [3.05, 3.63) is 29.8 Å². The second-order valence-electron chi connectivity index (χ2n) is 7.43. The van der Waals surface area contributed by atoms with Crippen LogP contribution in [-0.2, 0) is 29.0 Å². The van der Waals surface area contributed by atoms with Gasteiger partial charge in [-0.05, 0) is 32.4 Å². The van der Waals surface area contributed by atoms with Crippen LogP contribution in [0.1, 0.15) is 25.3 Å². The summed E-state index contributed by atoms with van der Waals surface area (Å²) in [5, 5.41) is 2.61. The van der Waals surface area contributed by atoms with E-state index >= 15 is 0 Å². The minimum Gasteiger partial charge on any atom is -0.452 e. The molecule has 3 atom stereocenters. The Bertz CT molecular complexity index is 880. The van der Waals surface area contributed by atoms with Crippen molar-refractivity contribution in [3.63, 3.8) is 0 Å². The fourth-order valence-electron chi connectivity index (χ4n) is 3.39. The number of sulfone groups is 1. The van der Waals surface area contributed by atoms with Crippen molar-refractivity contribution in [2.24, 2.45) is 5.92 Å². The molecule has 2 saturated heterocycles. The highest BCUT2D eigenvalue weighted by Gasteiger charge is 2.38. The number of amides is 2. The lowest BCUT2D eigenvalue weighted by Gasteiger charge is -2.19. The fraction of sp³-hybridized carbons (Fsp3) is 0.526. The molecule has 0 aromatic heterocycles. The predicted molar refractivity (Wildman–Crippen MR) is 102 cm³/mol. The molecule has 28 heavy (non-hydrogen) atoms. The molecule has 152 valence electrons. The molecule has 0 saturated carbocycles. The van der Waals surface area contributed by atoms with Crippen molar-refractivity contribution < 1.29 is 27.5 Å². The van der Waals surface area contributed by atoms with Gasteiger partial charge in [-0.15, -0.1) is 0 Å². The largest absolute Gasteiger partial charge is 0.452 e. The highest BCUT2D eigenvalue weighted by Crippen LogP contribution is 2.26. The Balaban J connectivity index is 1.53. The second kappa shape index (κ2) is 7.90. The maximum Gasteiger partial charge on any atom is 0.312 e. The van der Waals surface area contributed by atoms with Gasteiger partial charge < -0.3 is 15.0 Å². The number of hydrogen-bond acceptors (Lipinski definition) is 6. The summed E-state index contributed by atoms with van der Waals surface area (Å²) in [6, 6.07) is 6.98. The van der Waals surface area contributed by atoms with Crippen LogP contribution in [0.5, 0.6) is 0 Å². The summed E-state index contributed by atoms with van der Waals surface area (Å²) in [6.45, 7) is 3.59. The molecule has 2 heterocycles. The Morgan fingerprint density at radius 1 is 1.25 bits per heavy atom. The Hall–Kier alpha value is -2.42. The monoisotopic (exact) mass is 408 g/mol. The first-order valence-corrected chi connectivity index (χ1v) is 11.0. The van der Waals surface area contributed by atoms with Crippen molar-refractivity contribution in [2.75, 3.05) is 23.0 Å². The van der Waals surface area contributed by atoms with Gasteiger partial charge in [0, 0.05) is 24.7 Å². The first-order valence-electron chi connectivity index (χ1n) is 9.23. The summed E-state index contributed by atoms with van der Waals surface area (Å²) in [6.07, 6.45) is -0.668. The summed E-state index contributed by atoms with van der Waals surface area (Å²) < 4.78 is 28.2. The molecular formula is C19H24N2O6S. The molecule has 1 N–H and O–H groups in total. The fourth-order valence-corrected chi connectivity index (χ4v) is 5.06. The van der Waals surface area contributed by atoms with Gasteiger partial charge in [0.1, 0.15) is 0 Å². The maximum atomic E-state index is 12.4. The number of rotatable bonds is 5. The van der Waals surface area contributed by atoms with Crippen molar-refractivity contribution >= 4 is 33.3 Å². The molecule has 2 aliphatic rings. The third kappa shape index (κ3) is 4.70. The van der Waals surface area contributed by atoms with Crippen molar-refractivity contribution in [2.45, 2.75) is 38.8 Å². The van der Waals surface area contributed by atoms with Crippen LogP contribution >= 0.6 is 0 Å². The number of carbonyl (C=O) groups excluding carboxylic acids is 3. The molecule has 0 aliphatic carbocycles. The number of nitrogens with zero attached hydrogens (tertiary/aromatic N) is 1. The van der Waals surface area contributed by atoms with Gasteiger partial charge in [0.25, 0.3) is 5.91 Å². The quantitative estimate of drug-likeness (QED) is 0.714. The number of esters is 1. The van der Waals surface area contributed by atoms with Gasteiger partial charge in [-0.1, -0.05) is 17.7 Å². The lowest BCUT2D eigenvalue weighted by Crippen LogP contribution is -2.43. The number of hydrogen-bond donors (Lipinski definition) is 1. The molecule has 1 aromatic rings. The molecule has 0 radical (unpaired) electrons. The average molecular weight is 408 g/mol. The first kappa shape index (κ1) is 20.3. The van der Waals surface area contributed by atoms with Crippen molar-refractivity contribution in [1.82, 2.24) is 5.32 Å². The normalized spacial score (nSPS) is 24.8. The lowest BCUT2D eigenvalue weighted by atomic mass is 10.1. The summed E-state index contributed by atoms with van der Waals surface area (Å²) in [5.41, 5.74) is 1.79. The summed E-state index contributed by atoms with van der Waals surface area (Å²) in [4.78, 5) is 38.4. The molecule has 0 bridgehead atoms. The highest BCUT2D eigenvalue weighted by molar-refractivity contribution is 7.91. The molecule has 2 aliphatic heterocycles. The van der Waals surface area contributed by atoms with E-state index in [1.165, 1.54) is 6.92 Å². The lowest BCUT2D eigenvalue weighted by molar-refractivity contribution is -0.158. The third-order valence-electron chi connectivity index (χ3n) is 5.04. The molecule has 1 aromatic carbocycles. The van der Waals surface area contributed by atoms with E-state index in [2.05, 4.69) is 5.32 Å². The minimum atomic E-state index is -3.11. The third-order valence-corrected chi connectivity index (χ3v) is 6.81. The zero-order valence-electron chi connectivity index (χ0n) is 15.9. The molecular weight excluding hydrogens is 384 g/mol. The van der Waals surface area contributed by atoms with Gasteiger partial charge in [-0.2, -0.15) is 0 Å². The number of benzene rings is 1. The van der Waals surface area contributed by atoms with E-state index in [0.29, 0.717) is 6.42 Å². The Morgan fingerprint density at radius 2 is 1.93 bits per heavy atom. The summed E-state index contributed by atoms with van der Waals surface area (Å²) in [7, 11) is -3.11. The zero-order valence-corrected chi connectivity index (χ0v) is 16.7. The van der Waals surface area contributed by atoms with Gasteiger partial charge in [-0.3, -0.25) is 14.4 Å². The van der Waals surface area contributed by atoms with Crippen LogP contribution in [0.15, 0.2) is 24.3 Å². The van der Waals surface area contributed by atoms with Crippen LogP contribution in [0.4, 0.5) is 5.69 Å². The van der Waals surface area contributed by atoms with Gasteiger partial charge in [0.2, 0.25) is 5.91 Å². The molecule has 0 spiro atoms. The number of aryl methyl sites for hydroxylation is 1. The zero-order chi connectivity index (χ0) is 20.5. The maximum absolute atomic E-state index is 12.4. The van der Waals surface area contributed by atoms with Crippen LogP contribution in [0, 0.1) is 12.8 Å².